The van der Waals surface area contributed by atoms with Crippen LogP contribution in [0.1, 0.15) is 22.3 Å². The molecule has 2 aromatic carbocycles. The Labute approximate surface area is 162 Å². The molecule has 0 aromatic heterocycles. The summed E-state index contributed by atoms with van der Waals surface area (Å²) in [6, 6.07) is 10.2. The minimum Gasteiger partial charge on any atom is -0.490 e. The molecule has 0 unspecified atom stereocenters. The SMILES string of the molecule is CNC(=O)c1ccc(/C=C/C(=O)Nc2cc3c(cc2Cl)OCCCO3)cc1. The summed E-state index contributed by atoms with van der Waals surface area (Å²) in [4.78, 5) is 23.7. The van der Waals surface area contributed by atoms with Crippen molar-refractivity contribution < 1.29 is 19.1 Å². The molecule has 0 fully saturated rings. The van der Waals surface area contributed by atoms with Crippen LogP contribution in [0.15, 0.2) is 42.5 Å². The Kier molecular flexibility index (Phi) is 5.98. The van der Waals surface area contributed by atoms with Crippen molar-refractivity contribution in [1.29, 1.82) is 0 Å². The Hall–Kier alpha value is -2.99. The molecule has 0 saturated heterocycles. The van der Waals surface area contributed by atoms with Gasteiger partial charge < -0.3 is 20.1 Å². The monoisotopic (exact) mass is 386 g/mol. The summed E-state index contributed by atoms with van der Waals surface area (Å²) in [6.07, 6.45) is 3.84. The topological polar surface area (TPSA) is 76.7 Å². The van der Waals surface area contributed by atoms with E-state index in [1.165, 1.54) is 6.08 Å². The van der Waals surface area contributed by atoms with Crippen LogP contribution in [0.2, 0.25) is 5.02 Å². The molecule has 1 heterocycles. The summed E-state index contributed by atoms with van der Waals surface area (Å²) >= 11 is 6.22. The maximum atomic E-state index is 12.2. The first-order valence-corrected chi connectivity index (χ1v) is 8.85. The summed E-state index contributed by atoms with van der Waals surface area (Å²) < 4.78 is 11.2. The van der Waals surface area contributed by atoms with Crippen LogP contribution < -0.4 is 20.1 Å². The van der Waals surface area contributed by atoms with Crippen LogP contribution in [0.25, 0.3) is 6.08 Å². The molecular formula is C20H19ClN2O4. The molecule has 6 nitrogen and oxygen atoms in total. The van der Waals surface area contributed by atoms with Crippen molar-refractivity contribution in [1.82, 2.24) is 5.32 Å². The first-order chi connectivity index (χ1) is 13.1. The Morgan fingerprint density at radius 3 is 2.41 bits per heavy atom. The molecule has 140 valence electrons. The summed E-state index contributed by atoms with van der Waals surface area (Å²) in [5.74, 6) is 0.636. The van der Waals surface area contributed by atoms with Gasteiger partial charge in [0.2, 0.25) is 5.91 Å². The van der Waals surface area contributed by atoms with E-state index in [9.17, 15) is 9.59 Å². The Bertz CT molecular complexity index is 878. The van der Waals surface area contributed by atoms with Crippen molar-refractivity contribution >= 4 is 35.2 Å². The summed E-state index contributed by atoms with van der Waals surface area (Å²) in [5, 5.41) is 5.66. The molecule has 7 heteroatoms. The summed E-state index contributed by atoms with van der Waals surface area (Å²) in [6.45, 7) is 1.12. The lowest BCUT2D eigenvalue weighted by Gasteiger charge is -2.11. The van der Waals surface area contributed by atoms with Gasteiger partial charge in [0, 0.05) is 37.2 Å². The molecule has 0 spiro atoms. The zero-order chi connectivity index (χ0) is 19.2. The first-order valence-electron chi connectivity index (χ1n) is 8.47. The second kappa shape index (κ2) is 8.60. The average molecular weight is 387 g/mol. The predicted octanol–water partition coefficient (Wildman–Crippen LogP) is 3.51. The third-order valence-corrected chi connectivity index (χ3v) is 4.23. The van der Waals surface area contributed by atoms with Crippen LogP contribution in [-0.4, -0.2) is 32.1 Å². The van der Waals surface area contributed by atoms with E-state index in [1.807, 2.05) is 0 Å². The highest BCUT2D eigenvalue weighted by Gasteiger charge is 2.15. The average Bonchev–Trinajstić information content (AvgIpc) is 2.91. The van der Waals surface area contributed by atoms with Crippen LogP contribution in [0.3, 0.4) is 0 Å². The zero-order valence-electron chi connectivity index (χ0n) is 14.8. The van der Waals surface area contributed by atoms with Crippen molar-refractivity contribution in [3.05, 3.63) is 58.6 Å². The number of nitrogens with one attached hydrogen (secondary N) is 2. The van der Waals surface area contributed by atoms with Gasteiger partial charge in [-0.15, -0.1) is 0 Å². The van der Waals surface area contributed by atoms with E-state index >= 15 is 0 Å². The number of halogens is 1. The lowest BCUT2D eigenvalue weighted by Crippen LogP contribution is -2.17. The lowest BCUT2D eigenvalue weighted by atomic mass is 10.1. The van der Waals surface area contributed by atoms with Gasteiger partial charge in [-0.05, 0) is 23.8 Å². The third-order valence-electron chi connectivity index (χ3n) is 3.92. The van der Waals surface area contributed by atoms with Gasteiger partial charge in [0.05, 0.1) is 23.9 Å². The maximum Gasteiger partial charge on any atom is 0.251 e. The highest BCUT2D eigenvalue weighted by atomic mass is 35.5. The van der Waals surface area contributed by atoms with Gasteiger partial charge in [0.15, 0.2) is 11.5 Å². The fourth-order valence-corrected chi connectivity index (χ4v) is 2.72. The second-order valence-electron chi connectivity index (χ2n) is 5.85. The molecule has 3 rings (SSSR count). The van der Waals surface area contributed by atoms with Crippen molar-refractivity contribution in [2.75, 3.05) is 25.6 Å². The number of anilines is 1. The molecule has 2 amide bonds. The molecule has 0 saturated carbocycles. The van der Waals surface area contributed by atoms with Gasteiger partial charge in [-0.25, -0.2) is 0 Å². The fourth-order valence-electron chi connectivity index (χ4n) is 2.52. The number of rotatable bonds is 4. The van der Waals surface area contributed by atoms with Crippen LogP contribution in [0, 0.1) is 0 Å². The summed E-state index contributed by atoms with van der Waals surface area (Å²) in [7, 11) is 1.57. The molecule has 27 heavy (non-hydrogen) atoms. The molecule has 0 atom stereocenters. The van der Waals surface area contributed by atoms with Gasteiger partial charge in [0.25, 0.3) is 5.91 Å². The number of amides is 2. The van der Waals surface area contributed by atoms with Crippen LogP contribution in [0.4, 0.5) is 5.69 Å². The van der Waals surface area contributed by atoms with Crippen LogP contribution in [0.5, 0.6) is 11.5 Å². The Balaban J connectivity index is 1.67. The van der Waals surface area contributed by atoms with E-state index in [1.54, 1.807) is 49.5 Å². The Morgan fingerprint density at radius 1 is 1.07 bits per heavy atom. The number of hydrogen-bond acceptors (Lipinski definition) is 4. The van der Waals surface area contributed by atoms with Gasteiger partial charge in [-0.2, -0.15) is 0 Å². The quantitative estimate of drug-likeness (QED) is 0.788. The number of hydrogen-bond donors (Lipinski definition) is 2. The van der Waals surface area contributed by atoms with Crippen molar-refractivity contribution in [3.8, 4) is 11.5 Å². The number of carbonyl (C=O) groups excluding carboxylic acids is 2. The standard InChI is InChI=1S/C20H19ClN2O4/c1-22-20(25)14-6-3-13(4-7-14)5-8-19(24)23-16-12-18-17(11-15(16)21)26-9-2-10-27-18/h3-8,11-12H,2,9-10H2,1H3,(H,22,25)(H,23,24)/b8-5+. The smallest absolute Gasteiger partial charge is 0.251 e. The second-order valence-corrected chi connectivity index (χ2v) is 6.26. The first kappa shape index (κ1) is 18.8. The molecule has 1 aliphatic rings. The third kappa shape index (κ3) is 4.80. The number of ether oxygens (including phenoxy) is 2. The largest absolute Gasteiger partial charge is 0.490 e. The van der Waals surface area contributed by atoms with Gasteiger partial charge in [-0.1, -0.05) is 23.7 Å². The van der Waals surface area contributed by atoms with E-state index < -0.39 is 0 Å². The Morgan fingerprint density at radius 2 is 1.74 bits per heavy atom. The van der Waals surface area contributed by atoms with E-state index in [-0.39, 0.29) is 11.8 Å². The van der Waals surface area contributed by atoms with E-state index in [4.69, 9.17) is 21.1 Å². The van der Waals surface area contributed by atoms with Gasteiger partial charge >= 0.3 is 0 Å². The molecule has 2 N–H and O–H groups in total. The van der Waals surface area contributed by atoms with E-state index in [0.29, 0.717) is 41.0 Å². The minimum absolute atomic E-state index is 0.160. The molecule has 0 bridgehead atoms. The highest BCUT2D eigenvalue weighted by Crippen LogP contribution is 2.37. The lowest BCUT2D eigenvalue weighted by molar-refractivity contribution is -0.111. The van der Waals surface area contributed by atoms with E-state index in [2.05, 4.69) is 10.6 Å². The highest BCUT2D eigenvalue weighted by molar-refractivity contribution is 6.34. The van der Waals surface area contributed by atoms with Crippen molar-refractivity contribution in [2.24, 2.45) is 0 Å². The summed E-state index contributed by atoms with van der Waals surface area (Å²) in [5.41, 5.74) is 1.80. The predicted molar refractivity (Wildman–Crippen MR) is 105 cm³/mol. The molecule has 1 aliphatic heterocycles. The van der Waals surface area contributed by atoms with E-state index in [0.717, 1.165) is 12.0 Å². The van der Waals surface area contributed by atoms with Gasteiger partial charge in [0.1, 0.15) is 0 Å². The minimum atomic E-state index is -0.332. The van der Waals surface area contributed by atoms with Gasteiger partial charge in [-0.3, -0.25) is 9.59 Å². The zero-order valence-corrected chi connectivity index (χ0v) is 15.5. The molecule has 0 aliphatic carbocycles. The molecule has 2 aromatic rings. The number of fused-ring (bicyclic) bond motifs is 1. The normalized spacial score (nSPS) is 13.1. The van der Waals surface area contributed by atoms with Crippen LogP contribution in [-0.2, 0) is 4.79 Å². The number of carbonyl (C=O) groups is 2. The van der Waals surface area contributed by atoms with Crippen LogP contribution >= 0.6 is 11.6 Å². The number of benzene rings is 2. The van der Waals surface area contributed by atoms with Crippen molar-refractivity contribution in [3.63, 3.8) is 0 Å². The fraction of sp³-hybridized carbons (Fsp3) is 0.200. The molecule has 0 radical (unpaired) electrons. The van der Waals surface area contributed by atoms with Crippen molar-refractivity contribution in [2.45, 2.75) is 6.42 Å². The molecular weight excluding hydrogens is 368 g/mol. The maximum absolute atomic E-state index is 12.2.